The van der Waals surface area contributed by atoms with Gasteiger partial charge in [-0.15, -0.1) is 0 Å². The number of aliphatic hydroxyl groups excluding tert-OH is 1. The first-order valence-electron chi connectivity index (χ1n) is 24.5. The fourth-order valence-electron chi connectivity index (χ4n) is 9.50. The molecule has 7 rings (SSSR count). The Hall–Kier alpha value is -6.87. The zero-order valence-corrected chi connectivity index (χ0v) is 42.2. The number of alkyl halides is 4. The Labute approximate surface area is 431 Å². The highest BCUT2D eigenvalue weighted by Crippen LogP contribution is 2.35. The summed E-state index contributed by atoms with van der Waals surface area (Å²) < 4.78 is 81.8. The first kappa shape index (κ1) is 55.9. The Morgan fingerprint density at radius 1 is 0.853 bits per heavy atom. The van der Waals surface area contributed by atoms with Gasteiger partial charge in [0.15, 0.2) is 0 Å². The number of alkyl carbamates (subject to hydrolysis) is 1. The number of hydrogen-bond acceptors (Lipinski definition) is 12. The average Bonchev–Trinajstić information content (AvgIpc) is 3.96. The van der Waals surface area contributed by atoms with Crippen molar-refractivity contribution in [2.24, 2.45) is 10.8 Å². The van der Waals surface area contributed by atoms with Gasteiger partial charge < -0.3 is 40.5 Å². The zero-order valence-electron chi connectivity index (χ0n) is 42.2. The number of aromatic nitrogens is 3. The number of aliphatic hydroxyl groups is 1. The van der Waals surface area contributed by atoms with E-state index < -0.39 is 97.9 Å². The van der Waals surface area contributed by atoms with Crippen LogP contribution in [0.1, 0.15) is 69.3 Å². The highest BCUT2D eigenvalue weighted by Gasteiger charge is 2.46. The lowest BCUT2D eigenvalue weighted by Gasteiger charge is -2.47. The SMILES string of the molecule is COC(=O)NC(C(=O)NC(Cc1ccc(C#Cc2ccc(N3CC4CCC(C3)N4C3COC3)nc2)cc1)C(O)CN(Cc1ccc(-c2cnn(C(F)F)c2)cc1F)NC(=O)C(NC(=O)O)C(C)(C)CF)C(C)(C)CF. The van der Waals surface area contributed by atoms with Crippen LogP contribution in [0.5, 0.6) is 0 Å². The number of nitrogens with one attached hydrogen (secondary N) is 4. The second kappa shape index (κ2) is 24.2. The largest absolute Gasteiger partial charge is 0.465 e. The second-order valence-electron chi connectivity index (χ2n) is 20.5. The molecule has 6 unspecified atom stereocenters. The van der Waals surface area contributed by atoms with Gasteiger partial charge in [0.25, 0.3) is 5.91 Å². The number of hydrogen-bond donors (Lipinski definition) is 6. The molecule has 0 saturated carbocycles. The third-order valence-corrected chi connectivity index (χ3v) is 13.9. The van der Waals surface area contributed by atoms with Crippen molar-refractivity contribution in [3.63, 3.8) is 0 Å². The van der Waals surface area contributed by atoms with Gasteiger partial charge in [-0.2, -0.15) is 13.9 Å². The molecule has 23 heteroatoms. The van der Waals surface area contributed by atoms with Crippen molar-refractivity contribution in [3.05, 3.63) is 101 Å². The summed E-state index contributed by atoms with van der Waals surface area (Å²) in [5.74, 6) is 4.29. The summed E-state index contributed by atoms with van der Waals surface area (Å²) >= 11 is 0. The highest BCUT2D eigenvalue weighted by molar-refractivity contribution is 5.87. The lowest BCUT2D eigenvalue weighted by Crippen LogP contribution is -2.62. The van der Waals surface area contributed by atoms with Crippen LogP contribution in [0.15, 0.2) is 73.2 Å². The number of methoxy groups -OCH3 is 1. The van der Waals surface area contributed by atoms with Crippen LogP contribution in [0, 0.1) is 28.5 Å². The van der Waals surface area contributed by atoms with Crippen LogP contribution in [0.3, 0.4) is 0 Å². The van der Waals surface area contributed by atoms with E-state index in [4.69, 9.17) is 14.5 Å². The molecule has 0 spiro atoms. The number of ether oxygens (including phenoxy) is 2. The number of halogens is 5. The molecule has 3 saturated heterocycles. The summed E-state index contributed by atoms with van der Waals surface area (Å²) in [5.41, 5.74) is 1.49. The van der Waals surface area contributed by atoms with Crippen LogP contribution in [0.25, 0.3) is 11.1 Å². The van der Waals surface area contributed by atoms with Crippen LogP contribution in [0.2, 0.25) is 0 Å². The van der Waals surface area contributed by atoms with Crippen LogP contribution in [-0.4, -0.2) is 155 Å². The summed E-state index contributed by atoms with van der Waals surface area (Å²) in [5, 5.41) is 33.4. The number of rotatable bonds is 21. The van der Waals surface area contributed by atoms with E-state index in [9.17, 15) is 47.0 Å². The molecule has 0 radical (unpaired) electrons. The maximum atomic E-state index is 16.0. The van der Waals surface area contributed by atoms with Gasteiger partial charge in [-0.1, -0.05) is 63.8 Å². The average molecular weight is 1050 g/mol. The van der Waals surface area contributed by atoms with E-state index in [1.165, 1.54) is 39.8 Å². The van der Waals surface area contributed by atoms with Crippen LogP contribution < -0.4 is 26.3 Å². The lowest BCUT2D eigenvalue weighted by atomic mass is 9.84. The Balaban J connectivity index is 1.13. The highest BCUT2D eigenvalue weighted by atomic mass is 19.3. The maximum Gasteiger partial charge on any atom is 0.407 e. The van der Waals surface area contributed by atoms with Crippen LogP contribution in [-0.2, 0) is 32.0 Å². The number of fused-ring (bicyclic) bond motifs is 2. The predicted octanol–water partition coefficient (Wildman–Crippen LogP) is 5.20. The molecule has 6 N–H and O–H groups in total. The van der Waals surface area contributed by atoms with E-state index in [0.717, 1.165) is 75.5 Å². The molecule has 2 aromatic carbocycles. The summed E-state index contributed by atoms with van der Waals surface area (Å²) in [6.07, 6.45) is 1.71. The molecule has 5 heterocycles. The van der Waals surface area contributed by atoms with Crippen molar-refractivity contribution in [2.45, 2.75) is 102 Å². The molecule has 3 fully saturated rings. The van der Waals surface area contributed by atoms with Gasteiger partial charge in [-0.05, 0) is 60.7 Å². The number of carbonyl (C=O) groups is 4. The number of carbonyl (C=O) groups excluding carboxylic acids is 3. The van der Waals surface area contributed by atoms with Crippen molar-refractivity contribution >= 4 is 29.8 Å². The van der Waals surface area contributed by atoms with Gasteiger partial charge in [-0.3, -0.25) is 28.7 Å². The number of pyridine rings is 1. The first-order valence-corrected chi connectivity index (χ1v) is 24.5. The molecule has 18 nitrogen and oxygen atoms in total. The van der Waals surface area contributed by atoms with Crippen molar-refractivity contribution in [2.75, 3.05) is 58.2 Å². The molecule has 0 aliphatic carbocycles. The molecular weight excluding hydrogens is 988 g/mol. The van der Waals surface area contributed by atoms with E-state index in [2.05, 4.69) is 42.8 Å². The lowest BCUT2D eigenvalue weighted by molar-refractivity contribution is -0.133. The number of amides is 4. The maximum absolute atomic E-state index is 16.0. The minimum absolute atomic E-state index is 0.100. The third-order valence-electron chi connectivity index (χ3n) is 13.9. The van der Waals surface area contributed by atoms with E-state index in [1.54, 1.807) is 30.5 Å². The molecule has 2 aromatic heterocycles. The minimum Gasteiger partial charge on any atom is -0.465 e. The van der Waals surface area contributed by atoms with Crippen molar-refractivity contribution in [1.82, 2.24) is 46.0 Å². The van der Waals surface area contributed by atoms with Gasteiger partial charge in [0.2, 0.25) is 5.91 Å². The molecule has 4 aromatic rings. The summed E-state index contributed by atoms with van der Waals surface area (Å²) in [7, 11) is 1.06. The predicted molar refractivity (Wildman–Crippen MR) is 265 cm³/mol. The molecular formula is C52H63F5N10O8. The topological polar surface area (TPSA) is 216 Å². The normalized spacial score (nSPS) is 18.5. The quantitative estimate of drug-likeness (QED) is 0.0360. The number of piperazine rings is 1. The van der Waals surface area contributed by atoms with Crippen LogP contribution in [0.4, 0.5) is 37.4 Å². The number of nitrogens with zero attached hydrogens (tertiary/aromatic N) is 6. The second-order valence-corrected chi connectivity index (χ2v) is 20.5. The molecule has 3 aliphatic rings. The molecule has 3 aliphatic heterocycles. The monoisotopic (exact) mass is 1050 g/mol. The molecule has 6 atom stereocenters. The number of carboxylic acid groups (broad SMARTS) is 1. The zero-order chi connectivity index (χ0) is 54.2. The molecule has 404 valence electrons. The standard InChI is InChI=1S/C52H63F5N10O8/c1-51(2,29-53)44(62-50(73)74-5)46(69)60-41(18-32-9-6-31(7-10-32)8-11-33-12-17-43(58-20-33)64-24-37-15-16-38(25-64)67(37)39-27-75-28-39)42(68)26-65(63-47(70)45(61-49(71)72)52(3,4)30-54)22-35-14-13-34(19-40(35)55)36-21-59-66(23-36)48(56)57/h6-7,9-10,12-14,17,19-21,23,37-39,41-42,44-45,48,61,68H,15-16,18,22,24-30H2,1-5H3,(H,60,69)(H,62,73)(H,63,70)(H,71,72). The fraction of sp³-hybridized carbons (Fsp3) is 0.500. The summed E-state index contributed by atoms with van der Waals surface area (Å²) in [6.45, 7) is 2.47. The first-order chi connectivity index (χ1) is 35.7. The Bertz CT molecular complexity index is 2680. The molecule has 2 bridgehead atoms. The van der Waals surface area contributed by atoms with Gasteiger partial charge in [0.1, 0.15) is 23.7 Å². The van der Waals surface area contributed by atoms with Crippen molar-refractivity contribution in [1.29, 1.82) is 0 Å². The summed E-state index contributed by atoms with van der Waals surface area (Å²) in [6, 6.07) is 11.4. The van der Waals surface area contributed by atoms with E-state index >= 15 is 4.39 Å². The fourth-order valence-corrected chi connectivity index (χ4v) is 9.50. The van der Waals surface area contributed by atoms with Gasteiger partial charge in [0.05, 0.1) is 58.1 Å². The summed E-state index contributed by atoms with van der Waals surface area (Å²) in [4.78, 5) is 62.0. The van der Waals surface area contributed by atoms with Crippen LogP contribution >= 0.6 is 0 Å². The van der Waals surface area contributed by atoms with Gasteiger partial charge in [0, 0.05) is 83.7 Å². The molecule has 75 heavy (non-hydrogen) atoms. The van der Waals surface area contributed by atoms with Crippen molar-refractivity contribution < 1.29 is 60.8 Å². The Morgan fingerprint density at radius 3 is 2.04 bits per heavy atom. The van der Waals surface area contributed by atoms with Gasteiger partial charge in [-0.25, -0.2) is 28.7 Å². The van der Waals surface area contributed by atoms with Gasteiger partial charge >= 0.3 is 18.7 Å². The van der Waals surface area contributed by atoms with Crippen molar-refractivity contribution in [3.8, 4) is 23.0 Å². The number of anilines is 1. The van der Waals surface area contributed by atoms with E-state index in [1.807, 2.05) is 17.4 Å². The third kappa shape index (κ3) is 13.9. The number of hydrazine groups is 1. The van der Waals surface area contributed by atoms with E-state index in [0.29, 0.717) is 39.5 Å². The Kier molecular flexibility index (Phi) is 18.0. The molecule has 4 amide bonds. The smallest absolute Gasteiger partial charge is 0.407 e. The Morgan fingerprint density at radius 2 is 1.49 bits per heavy atom. The minimum atomic E-state index is -2.95. The van der Waals surface area contributed by atoms with E-state index in [-0.39, 0.29) is 23.1 Å². The number of benzene rings is 2.